The van der Waals surface area contributed by atoms with E-state index < -0.39 is 11.7 Å². The number of nitrogens with zero attached hydrogens (tertiary/aromatic N) is 3. The maximum Gasteiger partial charge on any atom is 0.274 e. The lowest BCUT2D eigenvalue weighted by atomic mass is 10.0. The van der Waals surface area contributed by atoms with E-state index in [4.69, 9.17) is 0 Å². The molecule has 39 heavy (non-hydrogen) atoms. The summed E-state index contributed by atoms with van der Waals surface area (Å²) in [7, 11) is 0. The smallest absolute Gasteiger partial charge is 0.273 e. The third kappa shape index (κ3) is 6.21. The highest BCUT2D eigenvalue weighted by Gasteiger charge is 2.16. The number of amides is 1. The lowest BCUT2D eigenvalue weighted by molar-refractivity contribution is -0.120. The third-order valence-electron chi connectivity index (χ3n) is 6.06. The molecule has 9 heteroatoms. The first-order chi connectivity index (χ1) is 18.9. The van der Waals surface area contributed by atoms with Crippen molar-refractivity contribution >= 4 is 54.3 Å². The summed E-state index contributed by atoms with van der Waals surface area (Å²) in [6.45, 7) is -0.0721. The van der Waals surface area contributed by atoms with Gasteiger partial charge in [0.05, 0.1) is 29.8 Å². The van der Waals surface area contributed by atoms with E-state index >= 15 is 0 Å². The number of carbonyl (C=O) groups excluding carboxylic acids is 1. The Balaban J connectivity index is 1.47. The average Bonchev–Trinajstić information content (AvgIpc) is 2.94. The molecule has 1 N–H and O–H groups in total. The second-order valence-corrected chi connectivity index (χ2v) is 10.6. The molecule has 1 aromatic heterocycles. The maximum absolute atomic E-state index is 14.5. The molecule has 0 aliphatic carbocycles. The van der Waals surface area contributed by atoms with Crippen LogP contribution in [0.1, 0.15) is 22.4 Å². The lowest BCUT2D eigenvalue weighted by Crippen LogP contribution is -2.28. The van der Waals surface area contributed by atoms with Gasteiger partial charge in [0.15, 0.2) is 0 Å². The molecule has 0 bridgehead atoms. The number of rotatable bonds is 7. The molecule has 0 aliphatic heterocycles. The van der Waals surface area contributed by atoms with Crippen LogP contribution < -0.4 is 11.0 Å². The largest absolute Gasteiger partial charge is 0.274 e. The highest BCUT2D eigenvalue weighted by molar-refractivity contribution is 9.10. The molecule has 1 heterocycles. The summed E-state index contributed by atoms with van der Waals surface area (Å²) in [6.07, 6.45) is -0.129. The quantitative estimate of drug-likeness (QED) is 0.168. The first kappa shape index (κ1) is 26.6. The number of hydrogen-bond acceptors (Lipinski definition) is 4. The summed E-state index contributed by atoms with van der Waals surface area (Å²) in [6, 6.07) is 28.8. The number of nitrogens with one attached hydrogen (secondary N) is 1. The minimum absolute atomic E-state index is 0.0721. The minimum atomic E-state index is -0.457. The van der Waals surface area contributed by atoms with Gasteiger partial charge >= 0.3 is 0 Å². The van der Waals surface area contributed by atoms with Crippen molar-refractivity contribution in [3.63, 3.8) is 0 Å². The zero-order valence-corrected chi connectivity index (χ0v) is 23.6. The predicted octanol–water partition coefficient (Wildman–Crippen LogP) is 6.22. The van der Waals surface area contributed by atoms with Gasteiger partial charge in [0, 0.05) is 31.0 Å². The molecular formula is C30H21Br2FN4O2. The van der Waals surface area contributed by atoms with Crippen molar-refractivity contribution < 1.29 is 9.18 Å². The van der Waals surface area contributed by atoms with Crippen molar-refractivity contribution in [2.24, 2.45) is 5.10 Å². The summed E-state index contributed by atoms with van der Waals surface area (Å²) in [5.74, 6) is -0.862. The molecule has 0 unspecified atom stereocenters. The second kappa shape index (κ2) is 11.8. The molecule has 5 rings (SSSR count). The van der Waals surface area contributed by atoms with Crippen LogP contribution in [0.4, 0.5) is 4.39 Å². The van der Waals surface area contributed by atoms with E-state index in [1.165, 1.54) is 10.7 Å². The lowest BCUT2D eigenvalue weighted by Gasteiger charge is -2.12. The van der Waals surface area contributed by atoms with Crippen LogP contribution in [0.3, 0.4) is 0 Å². The number of fused-ring (bicyclic) bond motifs is 1. The summed E-state index contributed by atoms with van der Waals surface area (Å²) in [5.41, 5.74) is 5.26. The van der Waals surface area contributed by atoms with Crippen LogP contribution in [-0.4, -0.2) is 21.4 Å². The van der Waals surface area contributed by atoms with Crippen molar-refractivity contribution in [3.8, 4) is 0 Å². The first-order valence-corrected chi connectivity index (χ1v) is 13.6. The summed E-state index contributed by atoms with van der Waals surface area (Å²) < 4.78 is 17.2. The van der Waals surface area contributed by atoms with Crippen LogP contribution in [0.15, 0.2) is 116 Å². The van der Waals surface area contributed by atoms with Crippen molar-refractivity contribution in [1.29, 1.82) is 0 Å². The number of aromatic nitrogens is 2. The van der Waals surface area contributed by atoms with Gasteiger partial charge < -0.3 is 0 Å². The van der Waals surface area contributed by atoms with Gasteiger partial charge in [0.2, 0.25) is 5.91 Å². The molecule has 0 atom stereocenters. The van der Waals surface area contributed by atoms with Gasteiger partial charge in [-0.3, -0.25) is 9.59 Å². The van der Waals surface area contributed by atoms with E-state index in [9.17, 15) is 14.0 Å². The highest BCUT2D eigenvalue weighted by Crippen LogP contribution is 2.18. The number of carbonyl (C=O) groups is 1. The number of benzene rings is 4. The zero-order chi connectivity index (χ0) is 27.4. The molecular weight excluding hydrogens is 627 g/mol. The van der Waals surface area contributed by atoms with Crippen LogP contribution in [0.5, 0.6) is 0 Å². The summed E-state index contributed by atoms with van der Waals surface area (Å²) in [5, 5.41) is 9.87. The van der Waals surface area contributed by atoms with Crippen LogP contribution >= 0.6 is 31.9 Å². The zero-order valence-electron chi connectivity index (χ0n) is 20.4. The number of hydrazone groups is 1. The molecule has 1 amide bonds. The van der Waals surface area contributed by atoms with Gasteiger partial charge in [-0.15, -0.1) is 0 Å². The maximum atomic E-state index is 14.5. The van der Waals surface area contributed by atoms with E-state index in [0.717, 1.165) is 15.6 Å². The molecule has 0 fully saturated rings. The van der Waals surface area contributed by atoms with Gasteiger partial charge in [-0.25, -0.2) is 14.5 Å². The highest BCUT2D eigenvalue weighted by atomic mass is 79.9. The Labute approximate surface area is 240 Å². The Morgan fingerprint density at radius 3 is 2.21 bits per heavy atom. The van der Waals surface area contributed by atoms with Gasteiger partial charge in [-0.1, -0.05) is 98.6 Å². The molecule has 0 aliphatic rings. The molecule has 0 spiro atoms. The fourth-order valence-electron chi connectivity index (χ4n) is 4.16. The Hall–Kier alpha value is -3.95. The SMILES string of the molecule is O=C(Cc1nn(Cc2ccc(Br)cc2F)c(=O)c2ccccc12)N/N=C(\c1ccccc1)c1ccc(Br)cc1. The van der Waals surface area contributed by atoms with E-state index in [2.05, 4.69) is 47.5 Å². The Kier molecular flexibility index (Phi) is 8.09. The molecule has 0 radical (unpaired) electrons. The molecule has 0 saturated carbocycles. The van der Waals surface area contributed by atoms with E-state index in [1.807, 2.05) is 54.6 Å². The molecule has 0 saturated heterocycles. The van der Waals surface area contributed by atoms with E-state index in [1.54, 1.807) is 36.4 Å². The van der Waals surface area contributed by atoms with Crippen LogP contribution in [-0.2, 0) is 17.8 Å². The molecule has 5 aromatic rings. The number of hydrogen-bond donors (Lipinski definition) is 1. The molecule has 6 nitrogen and oxygen atoms in total. The second-order valence-electron chi connectivity index (χ2n) is 8.74. The van der Waals surface area contributed by atoms with E-state index in [-0.39, 0.29) is 18.5 Å². The first-order valence-electron chi connectivity index (χ1n) is 12.0. The third-order valence-corrected chi connectivity index (χ3v) is 7.09. The topological polar surface area (TPSA) is 76.3 Å². The van der Waals surface area contributed by atoms with Crippen LogP contribution in [0.2, 0.25) is 0 Å². The average molecular weight is 648 g/mol. The Morgan fingerprint density at radius 1 is 0.846 bits per heavy atom. The van der Waals surface area contributed by atoms with Crippen LogP contribution in [0, 0.1) is 5.82 Å². The van der Waals surface area contributed by atoms with Gasteiger partial charge in [-0.2, -0.15) is 10.2 Å². The fourth-order valence-corrected chi connectivity index (χ4v) is 4.76. The molecule has 4 aromatic carbocycles. The van der Waals surface area contributed by atoms with Crippen molar-refractivity contribution in [2.75, 3.05) is 0 Å². The standard InChI is InChI=1S/C30H21Br2FN4O2/c31-22-13-10-20(11-14-22)29(19-6-2-1-3-7-19)35-34-28(38)17-27-24-8-4-5-9-25(24)30(39)37(36-27)18-21-12-15-23(32)16-26(21)33/h1-16H,17-18H2,(H,34,38)/b35-29+. The molecule has 194 valence electrons. The fraction of sp³-hybridized carbons (Fsp3) is 0.0667. The van der Waals surface area contributed by atoms with Crippen molar-refractivity contribution in [2.45, 2.75) is 13.0 Å². The van der Waals surface area contributed by atoms with Crippen molar-refractivity contribution in [3.05, 3.63) is 145 Å². The normalized spacial score (nSPS) is 11.5. The number of halogens is 3. The summed E-state index contributed by atoms with van der Waals surface area (Å²) in [4.78, 5) is 26.2. The minimum Gasteiger partial charge on any atom is -0.273 e. The monoisotopic (exact) mass is 646 g/mol. The van der Waals surface area contributed by atoms with Gasteiger partial charge in [0.25, 0.3) is 5.56 Å². The Bertz CT molecular complexity index is 1750. The summed E-state index contributed by atoms with van der Waals surface area (Å²) >= 11 is 6.69. The van der Waals surface area contributed by atoms with E-state index in [0.29, 0.717) is 32.2 Å². The Morgan fingerprint density at radius 2 is 1.49 bits per heavy atom. The predicted molar refractivity (Wildman–Crippen MR) is 157 cm³/mol. The van der Waals surface area contributed by atoms with Gasteiger partial charge in [0.1, 0.15) is 5.82 Å². The van der Waals surface area contributed by atoms with Crippen LogP contribution in [0.25, 0.3) is 10.8 Å². The van der Waals surface area contributed by atoms with Gasteiger partial charge in [-0.05, 0) is 30.3 Å². The van der Waals surface area contributed by atoms with Crippen molar-refractivity contribution in [1.82, 2.24) is 15.2 Å².